The monoisotopic (exact) mass is 395 g/mol. The van der Waals surface area contributed by atoms with Crippen molar-refractivity contribution in [1.29, 1.82) is 0 Å². The Bertz CT molecular complexity index is 1330. The van der Waals surface area contributed by atoms with Crippen LogP contribution in [0.3, 0.4) is 0 Å². The van der Waals surface area contributed by atoms with Crippen molar-refractivity contribution in [1.82, 2.24) is 24.0 Å². The summed E-state index contributed by atoms with van der Waals surface area (Å²) in [6.45, 7) is 4.11. The third-order valence-corrected chi connectivity index (χ3v) is 5.42. The molecule has 140 valence electrons. The topological polar surface area (TPSA) is 47.5 Å². The van der Waals surface area contributed by atoms with Gasteiger partial charge in [-0.15, -0.1) is 21.5 Å². The van der Waals surface area contributed by atoms with Gasteiger partial charge >= 0.3 is 0 Å². The van der Waals surface area contributed by atoms with Crippen molar-refractivity contribution in [2.24, 2.45) is 0 Å². The summed E-state index contributed by atoms with van der Waals surface area (Å²) in [4.78, 5) is 5.35. The number of nitrogens with zero attached hydrogens (tertiary/aromatic N) is 5. The molecule has 5 rings (SSSR count). The summed E-state index contributed by atoms with van der Waals surface area (Å²) in [6.07, 6.45) is 3.84. The molecule has 0 aliphatic heterocycles. The molecule has 1 aromatic carbocycles. The molecule has 28 heavy (non-hydrogen) atoms. The van der Waals surface area contributed by atoms with E-state index in [0.717, 1.165) is 33.8 Å². The Morgan fingerprint density at radius 2 is 1.89 bits per heavy atom. The summed E-state index contributed by atoms with van der Waals surface area (Å²) >= 11 is 1.46. The summed E-state index contributed by atoms with van der Waals surface area (Å²) in [5.74, 6) is -0.208. The molecule has 0 N–H and O–H groups in total. The molecule has 0 radical (unpaired) electrons. The number of halogens is 2. The Morgan fingerprint density at radius 1 is 1.04 bits per heavy atom. The third-order valence-electron chi connectivity index (χ3n) is 4.67. The van der Waals surface area contributed by atoms with Gasteiger partial charge in [0.15, 0.2) is 10.6 Å². The minimum atomic E-state index is -0.639. The van der Waals surface area contributed by atoms with E-state index in [0.29, 0.717) is 5.69 Å². The van der Waals surface area contributed by atoms with Crippen molar-refractivity contribution in [2.45, 2.75) is 19.8 Å². The van der Waals surface area contributed by atoms with Gasteiger partial charge in [0.05, 0.1) is 5.69 Å². The average molecular weight is 395 g/mol. The molecule has 0 saturated carbocycles. The summed E-state index contributed by atoms with van der Waals surface area (Å²) in [6, 6.07) is 7.35. The van der Waals surface area contributed by atoms with Gasteiger partial charge in [-0.3, -0.25) is 8.80 Å². The molecule has 0 aliphatic rings. The fourth-order valence-electron chi connectivity index (χ4n) is 3.37. The smallest absolute Gasteiger partial charge is 0.194 e. The maximum atomic E-state index is 14.5. The molecule has 0 saturated heterocycles. The Kier molecular flexibility index (Phi) is 3.77. The van der Waals surface area contributed by atoms with Gasteiger partial charge in [0.2, 0.25) is 0 Å². The fourth-order valence-corrected chi connectivity index (χ4v) is 4.09. The van der Waals surface area contributed by atoms with Crippen LogP contribution < -0.4 is 0 Å². The molecule has 4 aromatic heterocycles. The molecule has 8 heteroatoms. The van der Waals surface area contributed by atoms with E-state index in [1.807, 2.05) is 38.7 Å². The number of pyridine rings is 1. The Labute approximate surface area is 162 Å². The van der Waals surface area contributed by atoms with Crippen LogP contribution >= 0.6 is 11.3 Å². The van der Waals surface area contributed by atoms with Crippen LogP contribution in [0.2, 0.25) is 0 Å². The van der Waals surface area contributed by atoms with Crippen LogP contribution in [0.15, 0.2) is 48.1 Å². The molecule has 5 nitrogen and oxygen atoms in total. The zero-order valence-corrected chi connectivity index (χ0v) is 15.9. The van der Waals surface area contributed by atoms with Crippen molar-refractivity contribution < 1.29 is 8.78 Å². The SMILES string of the molecule is CC(C)c1nnc2ccc(-c3c(-c4ccc(F)cc4F)nc4sccn34)cn12. The highest BCUT2D eigenvalue weighted by atomic mass is 32.1. The molecular formula is C20H15F2N5S. The second-order valence-electron chi connectivity index (χ2n) is 6.85. The molecular weight excluding hydrogens is 380 g/mol. The lowest BCUT2D eigenvalue weighted by Crippen LogP contribution is -1.98. The van der Waals surface area contributed by atoms with Crippen LogP contribution in [0.25, 0.3) is 33.1 Å². The van der Waals surface area contributed by atoms with E-state index in [1.54, 1.807) is 0 Å². The van der Waals surface area contributed by atoms with E-state index in [-0.39, 0.29) is 11.5 Å². The highest BCUT2D eigenvalue weighted by Gasteiger charge is 2.21. The van der Waals surface area contributed by atoms with Crippen molar-refractivity contribution in [3.63, 3.8) is 0 Å². The second-order valence-corrected chi connectivity index (χ2v) is 7.72. The number of hydrogen-bond donors (Lipinski definition) is 0. The maximum Gasteiger partial charge on any atom is 0.194 e. The molecule has 0 amide bonds. The Morgan fingerprint density at radius 3 is 2.68 bits per heavy atom. The second kappa shape index (κ2) is 6.20. The largest absolute Gasteiger partial charge is 0.290 e. The molecule has 4 heterocycles. The van der Waals surface area contributed by atoms with Gasteiger partial charge in [0.25, 0.3) is 0 Å². The van der Waals surface area contributed by atoms with Crippen LogP contribution in [0.4, 0.5) is 8.78 Å². The predicted molar refractivity (Wildman–Crippen MR) is 104 cm³/mol. The van der Waals surface area contributed by atoms with Crippen LogP contribution in [0.5, 0.6) is 0 Å². The number of benzene rings is 1. The number of imidazole rings is 1. The summed E-state index contributed by atoms with van der Waals surface area (Å²) in [5, 5.41) is 10.4. The number of thiazole rings is 1. The first kappa shape index (κ1) is 17.0. The quantitative estimate of drug-likeness (QED) is 0.423. The number of fused-ring (bicyclic) bond motifs is 2. The van der Waals surface area contributed by atoms with E-state index >= 15 is 0 Å². The molecule has 5 aromatic rings. The van der Waals surface area contributed by atoms with Crippen LogP contribution in [-0.4, -0.2) is 24.0 Å². The Balaban J connectivity index is 1.80. The normalized spacial score (nSPS) is 11.9. The standard InChI is InChI=1S/C20H15F2N5S/c1-11(2)19-25-24-16-6-3-12(10-27(16)19)18-17(23-20-26(18)7-8-28-20)14-5-4-13(21)9-15(14)22/h3-11H,1-2H3. The first-order valence-electron chi connectivity index (χ1n) is 8.79. The van der Waals surface area contributed by atoms with Crippen LogP contribution in [-0.2, 0) is 0 Å². The highest BCUT2D eigenvalue weighted by molar-refractivity contribution is 7.15. The number of rotatable bonds is 3. The lowest BCUT2D eigenvalue weighted by atomic mass is 10.1. The predicted octanol–water partition coefficient (Wildman–Crippen LogP) is 5.17. The molecule has 0 aliphatic carbocycles. The van der Waals surface area contributed by atoms with Crippen LogP contribution in [0.1, 0.15) is 25.6 Å². The van der Waals surface area contributed by atoms with Gasteiger partial charge in [0, 0.05) is 40.9 Å². The zero-order valence-electron chi connectivity index (χ0n) is 15.1. The summed E-state index contributed by atoms with van der Waals surface area (Å²) < 4.78 is 31.8. The third kappa shape index (κ3) is 2.52. The summed E-state index contributed by atoms with van der Waals surface area (Å²) in [7, 11) is 0. The van der Waals surface area contributed by atoms with Gasteiger partial charge in [-0.2, -0.15) is 0 Å². The van der Waals surface area contributed by atoms with Gasteiger partial charge in [-0.25, -0.2) is 13.8 Å². The molecule has 0 fully saturated rings. The summed E-state index contributed by atoms with van der Waals surface area (Å²) in [5.41, 5.74) is 3.07. The van der Waals surface area contributed by atoms with Gasteiger partial charge < -0.3 is 0 Å². The minimum absolute atomic E-state index is 0.200. The van der Waals surface area contributed by atoms with Crippen molar-refractivity contribution in [3.05, 3.63) is 65.6 Å². The molecule has 0 unspecified atom stereocenters. The maximum absolute atomic E-state index is 14.5. The van der Waals surface area contributed by atoms with Crippen molar-refractivity contribution >= 4 is 21.9 Å². The minimum Gasteiger partial charge on any atom is -0.290 e. The molecule has 0 spiro atoms. The van der Waals surface area contributed by atoms with E-state index < -0.39 is 11.6 Å². The molecule has 0 atom stereocenters. The highest BCUT2D eigenvalue weighted by Crippen LogP contribution is 2.36. The van der Waals surface area contributed by atoms with Crippen LogP contribution in [0, 0.1) is 11.6 Å². The fraction of sp³-hybridized carbons (Fsp3) is 0.150. The molecule has 0 bridgehead atoms. The van der Waals surface area contributed by atoms with Gasteiger partial charge in [-0.1, -0.05) is 13.8 Å². The van der Waals surface area contributed by atoms with E-state index in [4.69, 9.17) is 0 Å². The van der Waals surface area contributed by atoms with Gasteiger partial charge in [0.1, 0.15) is 23.2 Å². The van der Waals surface area contributed by atoms with E-state index in [1.165, 1.54) is 23.5 Å². The number of aromatic nitrogens is 5. The van der Waals surface area contributed by atoms with E-state index in [2.05, 4.69) is 29.0 Å². The Hall–Kier alpha value is -3.13. The first-order valence-corrected chi connectivity index (χ1v) is 9.67. The average Bonchev–Trinajstić information content (AvgIpc) is 3.34. The number of hydrogen-bond acceptors (Lipinski definition) is 4. The lowest BCUT2D eigenvalue weighted by molar-refractivity contribution is 0.585. The van der Waals surface area contributed by atoms with Crippen molar-refractivity contribution in [2.75, 3.05) is 0 Å². The van der Waals surface area contributed by atoms with E-state index in [9.17, 15) is 8.78 Å². The first-order chi connectivity index (χ1) is 13.5. The lowest BCUT2D eigenvalue weighted by Gasteiger charge is -2.08. The van der Waals surface area contributed by atoms with Crippen molar-refractivity contribution in [3.8, 4) is 22.5 Å². The van der Waals surface area contributed by atoms with Gasteiger partial charge in [-0.05, 0) is 24.3 Å². The zero-order chi connectivity index (χ0) is 19.4.